The molecule has 1 atom stereocenters. The number of rotatable bonds is 3. The molecule has 0 unspecified atom stereocenters. The molecule has 4 rings (SSSR count). The van der Waals surface area contributed by atoms with Crippen LogP contribution in [0.3, 0.4) is 0 Å². The molecule has 0 bridgehead atoms. The highest BCUT2D eigenvalue weighted by Crippen LogP contribution is 2.40. The number of amides is 2. The van der Waals surface area contributed by atoms with Gasteiger partial charge in [0.05, 0.1) is 5.41 Å². The topological polar surface area (TPSA) is 49.9 Å². The van der Waals surface area contributed by atoms with E-state index in [9.17, 15) is 9.59 Å². The number of benzene rings is 1. The Bertz CT molecular complexity index is 773. The first-order chi connectivity index (χ1) is 12.8. The molecule has 3 aliphatic rings. The van der Waals surface area contributed by atoms with Gasteiger partial charge in [-0.1, -0.05) is 6.07 Å². The standard InChI is InChI=1S/C22H30N2O3/c1-21(2,27-18-9-8-16-6-4-7-17(16)14-18)19(25)24-13-11-22(15-24)10-5-12-23(3)20(22)26/h8-9,14H,4-7,10-13,15H2,1-3H3/t22-/m0/s1. The number of fused-ring (bicyclic) bond motifs is 1. The lowest BCUT2D eigenvalue weighted by atomic mass is 9.78. The van der Waals surface area contributed by atoms with Crippen LogP contribution in [0.4, 0.5) is 0 Å². The van der Waals surface area contributed by atoms with Crippen molar-refractivity contribution < 1.29 is 14.3 Å². The van der Waals surface area contributed by atoms with E-state index in [4.69, 9.17) is 4.74 Å². The molecule has 1 aliphatic carbocycles. The molecule has 0 saturated carbocycles. The number of likely N-dealkylation sites (tertiary alicyclic amines) is 2. The van der Waals surface area contributed by atoms with Crippen LogP contribution < -0.4 is 4.74 Å². The van der Waals surface area contributed by atoms with Crippen molar-refractivity contribution in [3.8, 4) is 5.75 Å². The maximum absolute atomic E-state index is 13.2. The number of carbonyl (C=O) groups excluding carboxylic acids is 2. The van der Waals surface area contributed by atoms with E-state index in [0.717, 1.165) is 44.4 Å². The highest BCUT2D eigenvalue weighted by molar-refractivity contribution is 5.88. The van der Waals surface area contributed by atoms with Crippen molar-refractivity contribution >= 4 is 11.8 Å². The number of ether oxygens (including phenoxy) is 1. The van der Waals surface area contributed by atoms with Crippen molar-refractivity contribution in [1.29, 1.82) is 0 Å². The second kappa shape index (κ2) is 6.54. The van der Waals surface area contributed by atoms with Crippen LogP contribution in [0.25, 0.3) is 0 Å². The van der Waals surface area contributed by atoms with Gasteiger partial charge in [0.1, 0.15) is 5.75 Å². The molecule has 5 heteroatoms. The summed E-state index contributed by atoms with van der Waals surface area (Å²) in [5.41, 5.74) is 1.41. The summed E-state index contributed by atoms with van der Waals surface area (Å²) in [4.78, 5) is 29.6. The molecular weight excluding hydrogens is 340 g/mol. The summed E-state index contributed by atoms with van der Waals surface area (Å²) in [6.45, 7) is 5.65. The van der Waals surface area contributed by atoms with Gasteiger partial charge < -0.3 is 14.5 Å². The Kier molecular flexibility index (Phi) is 4.44. The first-order valence-electron chi connectivity index (χ1n) is 10.2. The number of hydrogen-bond acceptors (Lipinski definition) is 3. The van der Waals surface area contributed by atoms with Gasteiger partial charge in [0, 0.05) is 26.7 Å². The Morgan fingerprint density at radius 2 is 1.89 bits per heavy atom. The zero-order chi connectivity index (χ0) is 19.2. The van der Waals surface area contributed by atoms with E-state index in [2.05, 4.69) is 12.1 Å². The van der Waals surface area contributed by atoms with Gasteiger partial charge in [-0.05, 0) is 75.6 Å². The molecule has 2 aliphatic heterocycles. The molecule has 0 radical (unpaired) electrons. The summed E-state index contributed by atoms with van der Waals surface area (Å²) in [7, 11) is 1.87. The van der Waals surface area contributed by atoms with E-state index in [1.165, 1.54) is 17.5 Å². The molecule has 2 heterocycles. The van der Waals surface area contributed by atoms with Crippen molar-refractivity contribution in [3.63, 3.8) is 0 Å². The zero-order valence-electron chi connectivity index (χ0n) is 16.7. The van der Waals surface area contributed by atoms with Crippen molar-refractivity contribution in [3.05, 3.63) is 29.3 Å². The second-order valence-corrected chi connectivity index (χ2v) is 8.98. The summed E-state index contributed by atoms with van der Waals surface area (Å²) in [6.07, 6.45) is 6.07. The summed E-state index contributed by atoms with van der Waals surface area (Å²) in [5.74, 6) is 0.929. The summed E-state index contributed by atoms with van der Waals surface area (Å²) >= 11 is 0. The highest BCUT2D eigenvalue weighted by atomic mass is 16.5. The Hall–Kier alpha value is -2.04. The van der Waals surface area contributed by atoms with Crippen LogP contribution in [0.1, 0.15) is 50.7 Å². The van der Waals surface area contributed by atoms with Gasteiger partial charge in [0.25, 0.3) is 5.91 Å². The molecule has 2 saturated heterocycles. The van der Waals surface area contributed by atoms with Crippen molar-refractivity contribution in [2.45, 2.75) is 58.0 Å². The predicted molar refractivity (Wildman–Crippen MR) is 104 cm³/mol. The predicted octanol–water partition coefficient (Wildman–Crippen LogP) is 2.80. The van der Waals surface area contributed by atoms with Gasteiger partial charge >= 0.3 is 0 Å². The van der Waals surface area contributed by atoms with E-state index in [1.54, 1.807) is 0 Å². The van der Waals surface area contributed by atoms with Crippen LogP contribution in [-0.2, 0) is 22.4 Å². The Morgan fingerprint density at radius 1 is 1.11 bits per heavy atom. The number of piperidine rings is 1. The fourth-order valence-corrected chi connectivity index (χ4v) is 5.02. The Labute approximate surface area is 161 Å². The summed E-state index contributed by atoms with van der Waals surface area (Å²) < 4.78 is 6.14. The van der Waals surface area contributed by atoms with E-state index >= 15 is 0 Å². The number of aryl methyl sites for hydroxylation is 2. The number of hydrogen-bond donors (Lipinski definition) is 0. The van der Waals surface area contributed by atoms with Crippen molar-refractivity contribution in [2.24, 2.45) is 5.41 Å². The van der Waals surface area contributed by atoms with Crippen LogP contribution in [0.5, 0.6) is 5.75 Å². The molecule has 5 nitrogen and oxygen atoms in total. The lowest BCUT2D eigenvalue weighted by Crippen LogP contribution is -2.51. The van der Waals surface area contributed by atoms with Crippen LogP contribution in [0.15, 0.2) is 18.2 Å². The normalized spacial score (nSPS) is 25.2. The first-order valence-corrected chi connectivity index (χ1v) is 10.2. The third-order valence-electron chi connectivity index (χ3n) is 6.55. The molecule has 1 spiro atoms. The smallest absolute Gasteiger partial charge is 0.266 e. The van der Waals surface area contributed by atoms with Crippen molar-refractivity contribution in [1.82, 2.24) is 9.80 Å². The third kappa shape index (κ3) is 3.21. The molecule has 1 aromatic carbocycles. The molecule has 2 amide bonds. The Balaban J connectivity index is 1.46. The van der Waals surface area contributed by atoms with E-state index in [-0.39, 0.29) is 17.2 Å². The molecule has 2 fully saturated rings. The average molecular weight is 370 g/mol. The fourth-order valence-electron chi connectivity index (χ4n) is 5.02. The Morgan fingerprint density at radius 3 is 2.70 bits per heavy atom. The highest BCUT2D eigenvalue weighted by Gasteiger charge is 2.50. The lowest BCUT2D eigenvalue weighted by molar-refractivity contribution is -0.148. The monoisotopic (exact) mass is 370 g/mol. The average Bonchev–Trinajstić information content (AvgIpc) is 3.26. The second-order valence-electron chi connectivity index (χ2n) is 8.98. The number of nitrogens with zero attached hydrogens (tertiary/aromatic N) is 2. The molecular formula is C22H30N2O3. The van der Waals surface area contributed by atoms with Gasteiger partial charge in [-0.3, -0.25) is 9.59 Å². The minimum absolute atomic E-state index is 0.0269. The van der Waals surface area contributed by atoms with Gasteiger partial charge in [-0.2, -0.15) is 0 Å². The molecule has 146 valence electrons. The van der Waals surface area contributed by atoms with Crippen LogP contribution in [0.2, 0.25) is 0 Å². The van der Waals surface area contributed by atoms with Gasteiger partial charge in [0.2, 0.25) is 5.91 Å². The summed E-state index contributed by atoms with van der Waals surface area (Å²) in [6, 6.07) is 6.19. The molecule has 0 aromatic heterocycles. The largest absolute Gasteiger partial charge is 0.478 e. The quantitative estimate of drug-likeness (QED) is 0.822. The van der Waals surface area contributed by atoms with Gasteiger partial charge in [0.15, 0.2) is 5.60 Å². The van der Waals surface area contributed by atoms with Crippen LogP contribution in [-0.4, -0.2) is 53.9 Å². The first kappa shape index (κ1) is 18.3. The third-order valence-corrected chi connectivity index (χ3v) is 6.55. The molecule has 1 aromatic rings. The molecule has 27 heavy (non-hydrogen) atoms. The van der Waals surface area contributed by atoms with Gasteiger partial charge in [-0.15, -0.1) is 0 Å². The maximum Gasteiger partial charge on any atom is 0.266 e. The zero-order valence-corrected chi connectivity index (χ0v) is 16.7. The van der Waals surface area contributed by atoms with Gasteiger partial charge in [-0.25, -0.2) is 0 Å². The molecule has 0 N–H and O–H groups in total. The van der Waals surface area contributed by atoms with E-state index < -0.39 is 5.60 Å². The summed E-state index contributed by atoms with van der Waals surface area (Å²) in [5, 5.41) is 0. The minimum atomic E-state index is -0.942. The van der Waals surface area contributed by atoms with Crippen LogP contribution >= 0.6 is 0 Å². The minimum Gasteiger partial charge on any atom is -0.478 e. The van der Waals surface area contributed by atoms with E-state index in [0.29, 0.717) is 13.1 Å². The van der Waals surface area contributed by atoms with E-state index in [1.807, 2.05) is 36.8 Å². The van der Waals surface area contributed by atoms with Crippen molar-refractivity contribution in [2.75, 3.05) is 26.7 Å². The SMILES string of the molecule is CN1CCC[C@@]2(CCN(C(=O)C(C)(C)Oc3ccc4c(c3)CCC4)C2)C1=O. The fraction of sp³-hybridized carbons (Fsp3) is 0.636. The lowest BCUT2D eigenvalue weighted by Gasteiger charge is -2.38. The number of carbonyl (C=O) groups is 2. The maximum atomic E-state index is 13.2. The van der Waals surface area contributed by atoms with Crippen LogP contribution in [0, 0.1) is 5.41 Å².